The number of oxazole rings is 1. The van der Waals surface area contributed by atoms with Crippen molar-refractivity contribution in [3.05, 3.63) is 53.1 Å². The second-order valence-corrected chi connectivity index (χ2v) is 7.20. The second-order valence-electron chi connectivity index (χ2n) is 7.20. The summed E-state index contributed by atoms with van der Waals surface area (Å²) in [6.45, 7) is 1.69. The van der Waals surface area contributed by atoms with Crippen molar-refractivity contribution >= 4 is 5.91 Å². The number of amides is 1. The number of nitrogens with one attached hydrogen (secondary N) is 1. The zero-order valence-corrected chi connectivity index (χ0v) is 16.4. The van der Waals surface area contributed by atoms with Gasteiger partial charge in [0.2, 0.25) is 5.76 Å². The van der Waals surface area contributed by atoms with E-state index in [4.69, 9.17) is 0 Å². The lowest BCUT2D eigenvalue weighted by Crippen LogP contribution is -2.32. The first kappa shape index (κ1) is 21.8. The van der Waals surface area contributed by atoms with Gasteiger partial charge in [0.1, 0.15) is 5.69 Å². The van der Waals surface area contributed by atoms with Crippen molar-refractivity contribution in [1.29, 1.82) is 0 Å². The van der Waals surface area contributed by atoms with Crippen LogP contribution in [-0.2, 0) is 18.9 Å². The maximum absolute atomic E-state index is 13.0. The summed E-state index contributed by atoms with van der Waals surface area (Å²) >= 11 is 0. The minimum atomic E-state index is -4.83. The van der Waals surface area contributed by atoms with E-state index >= 15 is 0 Å². The first-order valence-corrected chi connectivity index (χ1v) is 9.40. The second kappa shape index (κ2) is 7.64. The molecule has 3 aromatic heterocycles. The number of aromatic nitrogens is 4. The number of hydrogen-bond donors (Lipinski definition) is 1. The Hall–Kier alpha value is -3.38. The fourth-order valence-electron chi connectivity index (χ4n) is 3.47. The van der Waals surface area contributed by atoms with Gasteiger partial charge >= 0.3 is 18.2 Å². The summed E-state index contributed by atoms with van der Waals surface area (Å²) in [5, 5.41) is 6.92. The molecule has 7 nitrogen and oxygen atoms in total. The number of hydrogen-bond acceptors (Lipinski definition) is 5. The lowest BCUT2D eigenvalue weighted by Gasteiger charge is -2.24. The number of alkyl halides is 6. The maximum Gasteiger partial charge on any atom is 0.468 e. The Morgan fingerprint density at radius 3 is 2.59 bits per heavy atom. The van der Waals surface area contributed by atoms with E-state index in [0.717, 1.165) is 12.3 Å². The van der Waals surface area contributed by atoms with Crippen LogP contribution in [0.2, 0.25) is 0 Å². The smallest absolute Gasteiger partial charge is 0.427 e. The predicted octanol–water partition coefficient (Wildman–Crippen LogP) is 4.54. The van der Waals surface area contributed by atoms with Gasteiger partial charge in [-0.15, -0.1) is 0 Å². The monoisotopic (exact) mass is 459 g/mol. The minimum absolute atomic E-state index is 0.195. The van der Waals surface area contributed by atoms with Gasteiger partial charge in [0.15, 0.2) is 0 Å². The average Bonchev–Trinajstić information content (AvgIpc) is 3.32. The Balaban J connectivity index is 1.60. The van der Waals surface area contributed by atoms with Gasteiger partial charge in [0, 0.05) is 18.3 Å². The van der Waals surface area contributed by atoms with Crippen molar-refractivity contribution in [1.82, 2.24) is 25.1 Å². The van der Waals surface area contributed by atoms with Gasteiger partial charge in [-0.2, -0.15) is 31.4 Å². The Labute approximate surface area is 176 Å². The molecule has 1 N–H and O–H groups in total. The molecule has 170 valence electrons. The highest BCUT2D eigenvalue weighted by molar-refractivity contribution is 5.92. The molecule has 13 heteroatoms. The molecule has 3 aromatic rings. The highest BCUT2D eigenvalue weighted by atomic mass is 19.4. The number of pyridine rings is 1. The van der Waals surface area contributed by atoms with Crippen LogP contribution in [0.3, 0.4) is 0 Å². The fourth-order valence-corrected chi connectivity index (χ4v) is 3.47. The maximum atomic E-state index is 13.0. The fraction of sp³-hybridized carbons (Fsp3) is 0.368. The molecule has 0 spiro atoms. The van der Waals surface area contributed by atoms with Gasteiger partial charge < -0.3 is 9.73 Å². The molecule has 0 radical (unpaired) electrons. The van der Waals surface area contributed by atoms with Crippen LogP contribution < -0.4 is 5.32 Å². The first-order chi connectivity index (χ1) is 14.9. The molecule has 1 unspecified atom stereocenters. The molecule has 1 aliphatic rings. The van der Waals surface area contributed by atoms with E-state index in [2.05, 4.69) is 24.8 Å². The Bertz CT molecular complexity index is 1160. The zero-order chi connectivity index (χ0) is 23.3. The summed E-state index contributed by atoms with van der Waals surface area (Å²) in [6, 6.07) is 3.17. The summed E-state index contributed by atoms with van der Waals surface area (Å²) < 4.78 is 83.4. The molecule has 1 atom stereocenters. The topological polar surface area (TPSA) is 85.8 Å². The van der Waals surface area contributed by atoms with Crippen molar-refractivity contribution in [2.45, 2.75) is 44.7 Å². The van der Waals surface area contributed by atoms with Crippen molar-refractivity contribution in [3.8, 4) is 11.3 Å². The summed E-state index contributed by atoms with van der Waals surface area (Å²) in [7, 11) is 0. The third kappa shape index (κ3) is 4.18. The molecular formula is C19H15F6N5O2. The largest absolute Gasteiger partial charge is 0.468 e. The van der Waals surface area contributed by atoms with Crippen LogP contribution in [0.25, 0.3) is 11.3 Å². The van der Waals surface area contributed by atoms with E-state index in [0.29, 0.717) is 25.1 Å². The number of halogens is 6. The third-order valence-electron chi connectivity index (χ3n) is 4.93. The van der Waals surface area contributed by atoms with Crippen molar-refractivity contribution in [2.24, 2.45) is 0 Å². The molecule has 4 rings (SSSR count). The van der Waals surface area contributed by atoms with Gasteiger partial charge in [-0.05, 0) is 38.0 Å². The Kier molecular flexibility index (Phi) is 5.21. The van der Waals surface area contributed by atoms with Crippen LogP contribution in [0.15, 0.2) is 28.8 Å². The number of aryl methyl sites for hydroxylation is 2. The normalized spacial score (nSPS) is 16.7. The molecule has 1 amide bonds. The van der Waals surface area contributed by atoms with Crippen LogP contribution in [0.4, 0.5) is 26.3 Å². The SMILES string of the molecule is Cc1nc(C(F)(F)F)oc1C(=O)NC1CCCn2nc(-c3ccnc(C(F)(F)F)c3)cc21. The van der Waals surface area contributed by atoms with Crippen molar-refractivity contribution < 1.29 is 35.6 Å². The number of rotatable bonds is 3. The molecular weight excluding hydrogens is 444 g/mol. The van der Waals surface area contributed by atoms with Gasteiger partial charge in [-0.1, -0.05) is 0 Å². The van der Waals surface area contributed by atoms with Crippen molar-refractivity contribution in [3.63, 3.8) is 0 Å². The molecule has 0 saturated heterocycles. The molecule has 0 fully saturated rings. The molecule has 0 bridgehead atoms. The molecule has 32 heavy (non-hydrogen) atoms. The summed E-state index contributed by atoms with van der Waals surface area (Å²) in [6.07, 6.45) is -7.37. The quantitative estimate of drug-likeness (QED) is 0.581. The first-order valence-electron chi connectivity index (χ1n) is 9.40. The van der Waals surface area contributed by atoms with Crippen LogP contribution in [-0.4, -0.2) is 25.7 Å². The van der Waals surface area contributed by atoms with E-state index < -0.39 is 41.6 Å². The average molecular weight is 459 g/mol. The number of nitrogens with zero attached hydrogens (tertiary/aromatic N) is 4. The molecule has 1 aliphatic heterocycles. The number of carbonyl (C=O) groups excluding carboxylic acids is 1. The van der Waals surface area contributed by atoms with Crippen LogP contribution in [0.5, 0.6) is 0 Å². The van der Waals surface area contributed by atoms with E-state index in [9.17, 15) is 31.1 Å². The van der Waals surface area contributed by atoms with E-state index in [1.807, 2.05) is 0 Å². The van der Waals surface area contributed by atoms with Gasteiger partial charge in [0.05, 0.1) is 23.1 Å². The standard InChI is InChI=1S/C19H15F6N5O2/c1-9-15(32-17(27-9)19(23,24)25)16(31)28-11-3-2-6-30-13(11)8-12(29-30)10-4-5-26-14(7-10)18(20,21)22/h4-5,7-8,11H,2-3,6H2,1H3,(H,28,31). The van der Waals surface area contributed by atoms with Crippen molar-refractivity contribution in [2.75, 3.05) is 0 Å². The summed E-state index contributed by atoms with van der Waals surface area (Å²) in [5.41, 5.74) is -0.314. The lowest BCUT2D eigenvalue weighted by molar-refractivity contribution is -0.157. The van der Waals surface area contributed by atoms with Gasteiger partial charge in [-0.25, -0.2) is 4.98 Å². The van der Waals surface area contributed by atoms with E-state index in [-0.39, 0.29) is 17.0 Å². The predicted molar refractivity (Wildman–Crippen MR) is 96.1 cm³/mol. The third-order valence-corrected chi connectivity index (χ3v) is 4.93. The van der Waals surface area contributed by atoms with Gasteiger partial charge in [-0.3, -0.25) is 14.5 Å². The summed E-state index contributed by atoms with van der Waals surface area (Å²) in [5.74, 6) is -2.96. The molecule has 0 saturated carbocycles. The Morgan fingerprint density at radius 2 is 1.94 bits per heavy atom. The number of carbonyl (C=O) groups is 1. The van der Waals surface area contributed by atoms with Crippen LogP contribution >= 0.6 is 0 Å². The zero-order valence-electron chi connectivity index (χ0n) is 16.4. The van der Waals surface area contributed by atoms with E-state index in [1.54, 1.807) is 4.68 Å². The molecule has 0 aromatic carbocycles. The van der Waals surface area contributed by atoms with Crippen LogP contribution in [0.1, 0.15) is 52.4 Å². The van der Waals surface area contributed by atoms with E-state index in [1.165, 1.54) is 19.1 Å². The molecule has 0 aliphatic carbocycles. The highest BCUT2D eigenvalue weighted by Crippen LogP contribution is 2.34. The van der Waals surface area contributed by atoms with Crippen LogP contribution in [0, 0.1) is 6.92 Å². The Morgan fingerprint density at radius 1 is 1.19 bits per heavy atom. The molecule has 4 heterocycles. The lowest BCUT2D eigenvalue weighted by atomic mass is 10.0. The highest BCUT2D eigenvalue weighted by Gasteiger charge is 2.39. The summed E-state index contributed by atoms with van der Waals surface area (Å²) in [4.78, 5) is 19.1. The minimum Gasteiger partial charge on any atom is -0.427 e. The number of fused-ring (bicyclic) bond motifs is 1. The van der Waals surface area contributed by atoms with Gasteiger partial charge in [0.25, 0.3) is 5.91 Å².